The van der Waals surface area contributed by atoms with Gasteiger partial charge in [-0.2, -0.15) is 0 Å². The molecule has 0 aliphatic heterocycles. The third kappa shape index (κ3) is 3.00. The molecule has 0 spiro atoms. The van der Waals surface area contributed by atoms with E-state index in [4.69, 9.17) is 5.73 Å². The Balaban J connectivity index is 2.01. The average Bonchev–Trinajstić information content (AvgIpc) is 2.27. The molecule has 0 bridgehead atoms. The van der Waals surface area contributed by atoms with Gasteiger partial charge in [-0.25, -0.2) is 0 Å². The van der Waals surface area contributed by atoms with Gasteiger partial charge in [0, 0.05) is 12.2 Å². The summed E-state index contributed by atoms with van der Waals surface area (Å²) in [6.45, 7) is 4.49. The molecule has 0 saturated heterocycles. The Morgan fingerprint density at radius 3 is 2.61 bits per heavy atom. The second-order valence-corrected chi connectivity index (χ2v) is 5.55. The molecule has 1 aliphatic rings. The maximum atomic E-state index is 12.1. The molecule has 3 N–H and O–H groups in total. The van der Waals surface area contributed by atoms with Gasteiger partial charge in [-0.15, -0.1) is 0 Å². The van der Waals surface area contributed by atoms with Gasteiger partial charge < -0.3 is 11.1 Å². The highest BCUT2D eigenvalue weighted by atomic mass is 16.1. The quantitative estimate of drug-likeness (QED) is 0.842. The van der Waals surface area contributed by atoms with Gasteiger partial charge >= 0.3 is 0 Å². The highest BCUT2D eigenvalue weighted by Gasteiger charge is 2.25. The Bertz CT molecular complexity index is 423. The first kappa shape index (κ1) is 12.9. The summed E-state index contributed by atoms with van der Waals surface area (Å²) in [6.07, 6.45) is 6.48. The van der Waals surface area contributed by atoms with E-state index in [2.05, 4.69) is 24.1 Å². The van der Waals surface area contributed by atoms with Gasteiger partial charge in [-0.1, -0.05) is 13.8 Å². The molecule has 1 fully saturated rings. The number of hydrogen-bond acceptors (Lipinski definition) is 3. The summed E-state index contributed by atoms with van der Waals surface area (Å²) in [4.78, 5) is 16.0. The smallest absolute Gasteiger partial charge is 0.253 e. The summed E-state index contributed by atoms with van der Waals surface area (Å²) in [5.74, 6) is 1.27. The highest BCUT2D eigenvalue weighted by Crippen LogP contribution is 2.28. The molecule has 1 amide bonds. The van der Waals surface area contributed by atoms with Crippen molar-refractivity contribution in [2.24, 2.45) is 11.8 Å². The van der Waals surface area contributed by atoms with Crippen molar-refractivity contribution in [3.05, 3.63) is 24.0 Å². The molecule has 0 radical (unpaired) electrons. The largest absolute Gasteiger partial charge is 0.397 e. The lowest BCUT2D eigenvalue weighted by Crippen LogP contribution is -2.40. The molecule has 1 heterocycles. The van der Waals surface area contributed by atoms with Crippen LogP contribution in [0.4, 0.5) is 5.69 Å². The van der Waals surface area contributed by atoms with Crippen molar-refractivity contribution in [2.75, 3.05) is 5.73 Å². The molecule has 98 valence electrons. The second kappa shape index (κ2) is 5.38. The van der Waals surface area contributed by atoms with Crippen molar-refractivity contribution in [3.63, 3.8) is 0 Å². The molecule has 1 aliphatic carbocycles. The normalized spacial score (nSPS) is 27.8. The Hall–Kier alpha value is -1.58. The molecule has 18 heavy (non-hydrogen) atoms. The topological polar surface area (TPSA) is 68.0 Å². The summed E-state index contributed by atoms with van der Waals surface area (Å²) in [6, 6.07) is 1.93. The minimum Gasteiger partial charge on any atom is -0.397 e. The van der Waals surface area contributed by atoms with E-state index in [1.165, 1.54) is 12.6 Å². The minimum atomic E-state index is -0.0822. The number of rotatable bonds is 2. The number of nitrogens with two attached hydrogens (primary N) is 1. The summed E-state index contributed by atoms with van der Waals surface area (Å²) in [7, 11) is 0. The standard InChI is InChI=1S/C14H21N3O/c1-9-5-10(2)7-11(6-9)17-14(18)12-3-4-16-8-13(12)15/h3-4,8-11H,5-7,15H2,1-2H3,(H,17,18). The van der Waals surface area contributed by atoms with Gasteiger partial charge in [0.15, 0.2) is 0 Å². The number of anilines is 1. The number of nitrogens with zero attached hydrogens (tertiary/aromatic N) is 1. The summed E-state index contributed by atoms with van der Waals surface area (Å²) >= 11 is 0. The monoisotopic (exact) mass is 247 g/mol. The van der Waals surface area contributed by atoms with Crippen molar-refractivity contribution < 1.29 is 4.79 Å². The van der Waals surface area contributed by atoms with Crippen LogP contribution in [0.25, 0.3) is 0 Å². The van der Waals surface area contributed by atoms with E-state index in [1.54, 1.807) is 12.3 Å². The van der Waals surface area contributed by atoms with Crippen molar-refractivity contribution in [1.82, 2.24) is 10.3 Å². The second-order valence-electron chi connectivity index (χ2n) is 5.55. The van der Waals surface area contributed by atoms with E-state index >= 15 is 0 Å². The van der Waals surface area contributed by atoms with Crippen LogP contribution in [0.2, 0.25) is 0 Å². The van der Waals surface area contributed by atoms with E-state index in [-0.39, 0.29) is 11.9 Å². The van der Waals surface area contributed by atoms with Crippen LogP contribution in [0, 0.1) is 11.8 Å². The SMILES string of the molecule is CC1CC(C)CC(NC(=O)c2ccncc2N)C1. The Morgan fingerprint density at radius 1 is 1.33 bits per heavy atom. The molecular weight excluding hydrogens is 226 g/mol. The maximum absolute atomic E-state index is 12.1. The van der Waals surface area contributed by atoms with Crippen LogP contribution in [0.3, 0.4) is 0 Å². The van der Waals surface area contributed by atoms with Crippen LogP contribution >= 0.6 is 0 Å². The lowest BCUT2D eigenvalue weighted by Gasteiger charge is -2.32. The molecule has 1 saturated carbocycles. The van der Waals surface area contributed by atoms with Gasteiger partial charge in [0.25, 0.3) is 5.91 Å². The number of hydrogen-bond donors (Lipinski definition) is 2. The first-order valence-corrected chi connectivity index (χ1v) is 6.56. The fourth-order valence-electron chi connectivity index (χ4n) is 2.94. The maximum Gasteiger partial charge on any atom is 0.253 e. The molecule has 2 atom stereocenters. The van der Waals surface area contributed by atoms with Crippen LogP contribution in [0.1, 0.15) is 43.5 Å². The van der Waals surface area contributed by atoms with Gasteiger partial charge in [0.1, 0.15) is 0 Å². The highest BCUT2D eigenvalue weighted by molar-refractivity contribution is 5.98. The summed E-state index contributed by atoms with van der Waals surface area (Å²) in [5, 5.41) is 3.09. The predicted octanol–water partition coefficient (Wildman–Crippen LogP) is 2.22. The number of aromatic nitrogens is 1. The third-order valence-corrected chi connectivity index (χ3v) is 3.61. The lowest BCUT2D eigenvalue weighted by atomic mass is 9.80. The van der Waals surface area contributed by atoms with E-state index in [0.29, 0.717) is 23.1 Å². The van der Waals surface area contributed by atoms with Crippen LogP contribution < -0.4 is 11.1 Å². The molecule has 4 heteroatoms. The molecule has 2 unspecified atom stereocenters. The average molecular weight is 247 g/mol. The first-order chi connectivity index (χ1) is 8.56. The van der Waals surface area contributed by atoms with E-state index in [1.807, 2.05) is 0 Å². The van der Waals surface area contributed by atoms with E-state index in [0.717, 1.165) is 12.8 Å². The zero-order chi connectivity index (χ0) is 13.1. The number of pyridine rings is 1. The van der Waals surface area contributed by atoms with Crippen molar-refractivity contribution >= 4 is 11.6 Å². The zero-order valence-corrected chi connectivity index (χ0v) is 11.0. The molecule has 2 rings (SSSR count). The van der Waals surface area contributed by atoms with Crippen molar-refractivity contribution in [1.29, 1.82) is 0 Å². The molecular formula is C14H21N3O. The number of amides is 1. The van der Waals surface area contributed by atoms with Crippen LogP contribution in [-0.4, -0.2) is 16.9 Å². The van der Waals surface area contributed by atoms with Crippen molar-refractivity contribution in [2.45, 2.75) is 39.2 Å². The van der Waals surface area contributed by atoms with Gasteiger partial charge in [0.2, 0.25) is 0 Å². The lowest BCUT2D eigenvalue weighted by molar-refractivity contribution is 0.0912. The number of nitrogens with one attached hydrogen (secondary N) is 1. The molecule has 0 aromatic carbocycles. The Labute approximate surface area is 108 Å². The summed E-state index contributed by atoms with van der Waals surface area (Å²) < 4.78 is 0. The number of carbonyl (C=O) groups is 1. The Morgan fingerprint density at radius 2 is 2.00 bits per heavy atom. The van der Waals surface area contributed by atoms with Crippen LogP contribution in [-0.2, 0) is 0 Å². The van der Waals surface area contributed by atoms with Gasteiger partial charge in [-0.05, 0) is 37.2 Å². The fourth-order valence-corrected chi connectivity index (χ4v) is 2.94. The first-order valence-electron chi connectivity index (χ1n) is 6.56. The molecule has 4 nitrogen and oxygen atoms in total. The third-order valence-electron chi connectivity index (χ3n) is 3.61. The summed E-state index contributed by atoms with van der Waals surface area (Å²) in [5.41, 5.74) is 6.72. The predicted molar refractivity (Wildman–Crippen MR) is 72.1 cm³/mol. The van der Waals surface area contributed by atoms with Gasteiger partial charge in [0.05, 0.1) is 17.4 Å². The van der Waals surface area contributed by atoms with Crippen LogP contribution in [0.5, 0.6) is 0 Å². The zero-order valence-electron chi connectivity index (χ0n) is 11.0. The van der Waals surface area contributed by atoms with Gasteiger partial charge in [-0.3, -0.25) is 9.78 Å². The molecule has 1 aromatic heterocycles. The Kier molecular flexibility index (Phi) is 3.84. The fraction of sp³-hybridized carbons (Fsp3) is 0.571. The number of nitrogen functional groups attached to an aromatic ring is 1. The number of carbonyl (C=O) groups excluding carboxylic acids is 1. The van der Waals surface area contributed by atoms with Crippen molar-refractivity contribution in [3.8, 4) is 0 Å². The van der Waals surface area contributed by atoms with E-state index in [9.17, 15) is 4.79 Å². The van der Waals surface area contributed by atoms with E-state index < -0.39 is 0 Å². The molecule has 1 aromatic rings. The van der Waals surface area contributed by atoms with Crippen LogP contribution in [0.15, 0.2) is 18.5 Å². The minimum absolute atomic E-state index is 0.0822.